The largest absolute Gasteiger partial charge is 0.418 e. The van der Waals surface area contributed by atoms with Crippen LogP contribution in [0, 0.1) is 5.92 Å². The predicted molar refractivity (Wildman–Crippen MR) is 120 cm³/mol. The van der Waals surface area contributed by atoms with Gasteiger partial charge in [-0.15, -0.1) is 10.2 Å². The van der Waals surface area contributed by atoms with E-state index in [0.29, 0.717) is 11.6 Å². The maximum Gasteiger partial charge on any atom is 0.286 e. The van der Waals surface area contributed by atoms with E-state index < -0.39 is 23.1 Å². The summed E-state index contributed by atoms with van der Waals surface area (Å²) in [6.45, 7) is 9.11. The first-order chi connectivity index (χ1) is 15.1. The molecule has 0 aliphatic rings. The first kappa shape index (κ1) is 23.1. The zero-order chi connectivity index (χ0) is 23.5. The fourth-order valence-electron chi connectivity index (χ4n) is 3.20. The second kappa shape index (κ2) is 9.30. The molecule has 0 saturated heterocycles. The van der Waals surface area contributed by atoms with Crippen molar-refractivity contribution in [3.05, 3.63) is 70.7 Å². The Labute approximate surface area is 186 Å². The van der Waals surface area contributed by atoms with Crippen LogP contribution in [0.3, 0.4) is 0 Å². The number of carbonyl (C=O) groups is 2. The Morgan fingerprint density at radius 1 is 1.03 bits per heavy atom. The number of aromatic nitrogens is 3. The first-order valence-electron chi connectivity index (χ1n) is 10.5. The lowest BCUT2D eigenvalue weighted by Crippen LogP contribution is -2.46. The summed E-state index contributed by atoms with van der Waals surface area (Å²) in [5.41, 5.74) is 0.729. The summed E-state index contributed by atoms with van der Waals surface area (Å²) in [6, 6.07) is 13.3. The molecule has 0 radical (unpaired) electrons. The Hall–Kier alpha value is -3.55. The number of Topliss-reactive ketones (excluding diaryl/α,β-unsaturated/α-hetero) is 1. The van der Waals surface area contributed by atoms with E-state index in [1.54, 1.807) is 12.1 Å². The van der Waals surface area contributed by atoms with Crippen molar-refractivity contribution in [1.29, 1.82) is 0 Å². The number of ketones is 1. The van der Waals surface area contributed by atoms with E-state index in [2.05, 4.69) is 15.5 Å². The van der Waals surface area contributed by atoms with E-state index in [-0.39, 0.29) is 23.9 Å². The molecule has 0 spiro atoms. The summed E-state index contributed by atoms with van der Waals surface area (Å²) in [5, 5.41) is 10.6. The van der Waals surface area contributed by atoms with E-state index >= 15 is 0 Å². The average molecular weight is 437 g/mol. The highest BCUT2D eigenvalue weighted by atomic mass is 16.4. The van der Waals surface area contributed by atoms with Crippen LogP contribution in [0.5, 0.6) is 0 Å². The van der Waals surface area contributed by atoms with E-state index in [1.807, 2.05) is 65.0 Å². The highest BCUT2D eigenvalue weighted by Gasteiger charge is 2.31. The minimum atomic E-state index is -0.865. The molecule has 32 heavy (non-hydrogen) atoms. The van der Waals surface area contributed by atoms with Gasteiger partial charge in [0.05, 0.1) is 11.7 Å². The molecule has 1 atom stereocenters. The Kier molecular flexibility index (Phi) is 6.72. The topological polar surface area (TPSA) is 107 Å². The lowest BCUT2D eigenvalue weighted by molar-refractivity contribution is -0.122. The summed E-state index contributed by atoms with van der Waals surface area (Å²) in [5.74, 6) is -0.940. The molecular formula is C24H28N4O4. The molecule has 8 heteroatoms. The van der Waals surface area contributed by atoms with Gasteiger partial charge in [0, 0.05) is 11.5 Å². The van der Waals surface area contributed by atoms with Gasteiger partial charge in [-0.25, -0.2) is 0 Å². The molecule has 1 amide bonds. The fourth-order valence-corrected chi connectivity index (χ4v) is 3.20. The maximum atomic E-state index is 13.0. The van der Waals surface area contributed by atoms with Gasteiger partial charge in [-0.05, 0) is 17.5 Å². The molecule has 1 unspecified atom stereocenters. The van der Waals surface area contributed by atoms with E-state index in [0.717, 1.165) is 5.56 Å². The second-order valence-electron chi connectivity index (χ2n) is 9.02. The SMILES string of the molecule is CC(C)C(NC(=O)Cn1c(-c2ccccc2)cccc1=O)C(=O)c1nnc(C(C)(C)C)o1. The highest BCUT2D eigenvalue weighted by molar-refractivity contribution is 5.98. The van der Waals surface area contributed by atoms with Crippen LogP contribution < -0.4 is 10.9 Å². The Balaban J connectivity index is 1.82. The molecule has 1 N–H and O–H groups in total. The molecule has 3 aromatic rings. The number of amides is 1. The van der Waals surface area contributed by atoms with Gasteiger partial charge in [0.2, 0.25) is 17.6 Å². The minimum absolute atomic E-state index is 0.143. The van der Waals surface area contributed by atoms with Crippen molar-refractivity contribution in [2.75, 3.05) is 0 Å². The molecule has 3 rings (SSSR count). The summed E-state index contributed by atoms with van der Waals surface area (Å²) in [7, 11) is 0. The van der Waals surface area contributed by atoms with Crippen LogP contribution in [0.4, 0.5) is 0 Å². The van der Waals surface area contributed by atoms with Crippen LogP contribution in [0.1, 0.15) is 51.2 Å². The van der Waals surface area contributed by atoms with Crippen LogP contribution in [-0.4, -0.2) is 32.5 Å². The summed E-state index contributed by atoms with van der Waals surface area (Å²) in [4.78, 5) is 38.4. The van der Waals surface area contributed by atoms with Gasteiger partial charge < -0.3 is 9.73 Å². The van der Waals surface area contributed by atoms with Crippen LogP contribution >= 0.6 is 0 Å². The van der Waals surface area contributed by atoms with Crippen LogP contribution in [0.15, 0.2) is 57.7 Å². The van der Waals surface area contributed by atoms with Gasteiger partial charge in [0.25, 0.3) is 11.4 Å². The third kappa shape index (κ3) is 5.19. The van der Waals surface area contributed by atoms with Crippen molar-refractivity contribution in [2.45, 2.75) is 52.6 Å². The van der Waals surface area contributed by atoms with Crippen molar-refractivity contribution in [2.24, 2.45) is 5.92 Å². The molecule has 2 heterocycles. The number of pyridine rings is 1. The molecule has 1 aromatic carbocycles. The third-order valence-corrected chi connectivity index (χ3v) is 4.96. The van der Waals surface area contributed by atoms with Crippen molar-refractivity contribution in [1.82, 2.24) is 20.1 Å². The quantitative estimate of drug-likeness (QED) is 0.570. The molecule has 2 aromatic heterocycles. The standard InChI is InChI=1S/C24H28N4O4/c1-15(2)20(21(31)22-26-27-23(32-22)24(3,4)5)25-18(29)14-28-17(12-9-13-19(28)30)16-10-7-6-8-11-16/h6-13,15,20H,14H2,1-5H3,(H,25,29). The zero-order valence-corrected chi connectivity index (χ0v) is 19.0. The van der Waals surface area contributed by atoms with Gasteiger partial charge in [-0.3, -0.25) is 19.0 Å². The van der Waals surface area contributed by atoms with Crippen LogP contribution in [0.2, 0.25) is 0 Å². The lowest BCUT2D eigenvalue weighted by Gasteiger charge is -2.20. The van der Waals surface area contributed by atoms with Crippen LogP contribution in [-0.2, 0) is 16.8 Å². The van der Waals surface area contributed by atoms with E-state index in [1.165, 1.54) is 10.6 Å². The Morgan fingerprint density at radius 3 is 2.31 bits per heavy atom. The van der Waals surface area contributed by atoms with Crippen molar-refractivity contribution in [3.63, 3.8) is 0 Å². The Morgan fingerprint density at radius 2 is 1.72 bits per heavy atom. The third-order valence-electron chi connectivity index (χ3n) is 4.96. The number of hydrogen-bond donors (Lipinski definition) is 1. The van der Waals surface area contributed by atoms with E-state index in [4.69, 9.17) is 4.42 Å². The molecule has 0 fully saturated rings. The molecular weight excluding hydrogens is 408 g/mol. The number of carbonyl (C=O) groups excluding carboxylic acids is 2. The molecule has 0 bridgehead atoms. The number of nitrogens with one attached hydrogen (secondary N) is 1. The molecule has 0 aliphatic heterocycles. The molecule has 8 nitrogen and oxygen atoms in total. The normalized spacial score (nSPS) is 12.6. The van der Waals surface area contributed by atoms with Gasteiger partial charge in [-0.1, -0.05) is 71.0 Å². The summed E-state index contributed by atoms with van der Waals surface area (Å²) < 4.78 is 6.94. The van der Waals surface area contributed by atoms with E-state index in [9.17, 15) is 14.4 Å². The molecule has 168 valence electrons. The summed E-state index contributed by atoms with van der Waals surface area (Å²) >= 11 is 0. The summed E-state index contributed by atoms with van der Waals surface area (Å²) in [6.07, 6.45) is 0. The van der Waals surface area contributed by atoms with Gasteiger partial charge in [-0.2, -0.15) is 0 Å². The fraction of sp³-hybridized carbons (Fsp3) is 0.375. The van der Waals surface area contributed by atoms with Crippen molar-refractivity contribution < 1.29 is 14.0 Å². The zero-order valence-electron chi connectivity index (χ0n) is 19.0. The first-order valence-corrected chi connectivity index (χ1v) is 10.5. The van der Waals surface area contributed by atoms with Crippen molar-refractivity contribution >= 4 is 11.7 Å². The molecule has 0 aliphatic carbocycles. The highest BCUT2D eigenvalue weighted by Crippen LogP contribution is 2.21. The number of benzene rings is 1. The maximum absolute atomic E-state index is 13.0. The number of nitrogens with zero attached hydrogens (tertiary/aromatic N) is 3. The molecule has 0 saturated carbocycles. The average Bonchev–Trinajstić information content (AvgIpc) is 3.24. The van der Waals surface area contributed by atoms with Gasteiger partial charge in [0.1, 0.15) is 6.54 Å². The predicted octanol–water partition coefficient (Wildman–Crippen LogP) is 3.22. The van der Waals surface area contributed by atoms with Gasteiger partial charge >= 0.3 is 0 Å². The number of hydrogen-bond acceptors (Lipinski definition) is 6. The smallest absolute Gasteiger partial charge is 0.286 e. The monoisotopic (exact) mass is 436 g/mol. The lowest BCUT2D eigenvalue weighted by atomic mass is 9.97. The van der Waals surface area contributed by atoms with Crippen LogP contribution in [0.25, 0.3) is 11.3 Å². The number of rotatable bonds is 7. The Bertz CT molecular complexity index is 1160. The van der Waals surface area contributed by atoms with Crippen molar-refractivity contribution in [3.8, 4) is 11.3 Å². The van der Waals surface area contributed by atoms with Gasteiger partial charge in [0.15, 0.2) is 0 Å². The second-order valence-corrected chi connectivity index (χ2v) is 9.02. The minimum Gasteiger partial charge on any atom is -0.418 e.